The van der Waals surface area contributed by atoms with Crippen molar-refractivity contribution in [3.05, 3.63) is 24.3 Å². The third kappa shape index (κ3) is 3.53. The molecule has 1 aliphatic rings. The first kappa shape index (κ1) is 15.3. The van der Waals surface area contributed by atoms with Crippen LogP contribution in [0, 0.1) is 5.82 Å². The minimum absolute atomic E-state index is 0.0878. The van der Waals surface area contributed by atoms with Crippen LogP contribution in [0.15, 0.2) is 23.4 Å². The van der Waals surface area contributed by atoms with Gasteiger partial charge in [0.1, 0.15) is 10.7 Å². The van der Waals surface area contributed by atoms with Crippen molar-refractivity contribution in [2.24, 2.45) is 0 Å². The maximum Gasteiger partial charge on any atom is 0.244 e. The van der Waals surface area contributed by atoms with Crippen LogP contribution in [-0.2, 0) is 10.0 Å². The van der Waals surface area contributed by atoms with E-state index in [1.165, 1.54) is 10.5 Å². The number of nitrogens with zero attached hydrogens (tertiary/aromatic N) is 2. The summed E-state index contributed by atoms with van der Waals surface area (Å²) in [5, 5.41) is 3.32. The molecule has 0 aliphatic carbocycles. The maximum absolute atomic E-state index is 13.2. The number of aromatic nitrogens is 1. The second kappa shape index (κ2) is 6.60. The van der Waals surface area contributed by atoms with Crippen molar-refractivity contribution in [3.63, 3.8) is 0 Å². The summed E-state index contributed by atoms with van der Waals surface area (Å²) in [5.74, 6) is -0.641. The maximum atomic E-state index is 13.2. The molecule has 0 saturated carbocycles. The van der Waals surface area contributed by atoms with Gasteiger partial charge in [-0.15, -0.1) is 0 Å². The van der Waals surface area contributed by atoms with Crippen LogP contribution in [0.1, 0.15) is 26.2 Å². The Morgan fingerprint density at radius 2 is 2.25 bits per heavy atom. The largest absolute Gasteiger partial charge is 0.313 e. The smallest absolute Gasteiger partial charge is 0.244 e. The van der Waals surface area contributed by atoms with E-state index >= 15 is 0 Å². The Labute approximate surface area is 119 Å². The van der Waals surface area contributed by atoms with E-state index in [1.54, 1.807) is 6.92 Å². The molecule has 20 heavy (non-hydrogen) atoms. The quantitative estimate of drug-likeness (QED) is 0.892. The van der Waals surface area contributed by atoms with Crippen molar-refractivity contribution in [3.8, 4) is 0 Å². The van der Waals surface area contributed by atoms with Gasteiger partial charge in [-0.2, -0.15) is 4.31 Å². The van der Waals surface area contributed by atoms with E-state index in [0.29, 0.717) is 13.1 Å². The van der Waals surface area contributed by atoms with Crippen LogP contribution in [0.3, 0.4) is 0 Å². The van der Waals surface area contributed by atoms with E-state index in [0.717, 1.165) is 38.1 Å². The van der Waals surface area contributed by atoms with Crippen molar-refractivity contribution in [1.29, 1.82) is 0 Å². The molecule has 1 atom stereocenters. The normalized spacial score (nSPS) is 20.2. The molecule has 1 aliphatic heterocycles. The number of piperidine rings is 1. The van der Waals surface area contributed by atoms with Gasteiger partial charge < -0.3 is 5.32 Å². The third-order valence-electron chi connectivity index (χ3n) is 3.51. The second-order valence-corrected chi connectivity index (χ2v) is 6.88. The molecule has 7 heteroatoms. The lowest BCUT2D eigenvalue weighted by molar-refractivity contribution is 0.319. The van der Waals surface area contributed by atoms with Crippen LogP contribution in [-0.4, -0.2) is 43.4 Å². The minimum atomic E-state index is -3.68. The second-order valence-electron chi connectivity index (χ2n) is 4.94. The lowest BCUT2D eigenvalue weighted by Crippen LogP contribution is -2.45. The van der Waals surface area contributed by atoms with Gasteiger partial charge in [-0.3, -0.25) is 4.98 Å². The Morgan fingerprint density at radius 3 is 2.85 bits per heavy atom. The van der Waals surface area contributed by atoms with Gasteiger partial charge in [0, 0.05) is 25.3 Å². The predicted octanol–water partition coefficient (Wildman–Crippen LogP) is 1.37. The number of hydrogen-bond acceptors (Lipinski definition) is 4. The number of likely N-dealkylation sites (N-methyl/N-ethyl adjacent to an activating group) is 1. The molecule has 5 nitrogen and oxygen atoms in total. The summed E-state index contributed by atoms with van der Waals surface area (Å²) >= 11 is 0. The van der Waals surface area contributed by atoms with Crippen LogP contribution in [0.5, 0.6) is 0 Å². The highest BCUT2D eigenvalue weighted by Gasteiger charge is 2.27. The van der Waals surface area contributed by atoms with Crippen molar-refractivity contribution >= 4 is 10.0 Å². The van der Waals surface area contributed by atoms with Crippen molar-refractivity contribution in [1.82, 2.24) is 14.6 Å². The Kier molecular flexibility index (Phi) is 5.06. The van der Waals surface area contributed by atoms with Gasteiger partial charge in [-0.05, 0) is 25.5 Å². The molecule has 1 unspecified atom stereocenters. The highest BCUT2D eigenvalue weighted by molar-refractivity contribution is 7.89. The summed E-state index contributed by atoms with van der Waals surface area (Å²) in [5.41, 5.74) is 0. The molecule has 1 fully saturated rings. The fraction of sp³-hybridized carbons (Fsp3) is 0.615. The van der Waals surface area contributed by atoms with Gasteiger partial charge in [0.25, 0.3) is 0 Å². The molecule has 2 rings (SSSR count). The molecule has 0 bridgehead atoms. The topological polar surface area (TPSA) is 62.3 Å². The molecule has 1 aromatic heterocycles. The Balaban J connectivity index is 2.16. The number of rotatable bonds is 5. The zero-order chi connectivity index (χ0) is 14.6. The zero-order valence-electron chi connectivity index (χ0n) is 11.5. The summed E-state index contributed by atoms with van der Waals surface area (Å²) in [6.07, 6.45) is 5.39. The van der Waals surface area contributed by atoms with Gasteiger partial charge >= 0.3 is 0 Å². The number of hydrogen-bond donors (Lipinski definition) is 1. The van der Waals surface area contributed by atoms with E-state index < -0.39 is 15.8 Å². The average molecular weight is 301 g/mol. The van der Waals surface area contributed by atoms with Crippen LogP contribution >= 0.6 is 0 Å². The minimum Gasteiger partial charge on any atom is -0.313 e. The lowest BCUT2D eigenvalue weighted by atomic mass is 10.1. The molecule has 0 radical (unpaired) electrons. The summed E-state index contributed by atoms with van der Waals surface area (Å²) in [6, 6.07) is 1.18. The standard InChI is InChI=1S/C13H20FN3O2S/c1-2-17(10-12-5-3-4-6-16-12)20(18,19)13-7-11(14)8-15-9-13/h7-9,12,16H,2-6,10H2,1H3. The molecular weight excluding hydrogens is 281 g/mol. The molecule has 0 spiro atoms. The average Bonchev–Trinajstić information content (AvgIpc) is 2.45. The lowest BCUT2D eigenvalue weighted by Gasteiger charge is -2.29. The van der Waals surface area contributed by atoms with Gasteiger partial charge in [-0.25, -0.2) is 12.8 Å². The van der Waals surface area contributed by atoms with E-state index in [9.17, 15) is 12.8 Å². The van der Waals surface area contributed by atoms with Crippen molar-refractivity contribution in [2.75, 3.05) is 19.6 Å². The number of sulfonamides is 1. The Hall–Kier alpha value is -1.05. The first-order valence-electron chi connectivity index (χ1n) is 6.88. The van der Waals surface area contributed by atoms with E-state index in [4.69, 9.17) is 0 Å². The van der Waals surface area contributed by atoms with E-state index in [-0.39, 0.29) is 10.9 Å². The molecule has 2 heterocycles. The summed E-state index contributed by atoms with van der Waals surface area (Å²) in [6.45, 7) is 3.48. The Morgan fingerprint density at radius 1 is 1.45 bits per heavy atom. The van der Waals surface area contributed by atoms with Crippen molar-refractivity contribution in [2.45, 2.75) is 37.1 Å². The SMILES string of the molecule is CCN(CC1CCCCN1)S(=O)(=O)c1cncc(F)c1. The Bertz CT molecular complexity index is 544. The molecule has 1 aromatic rings. The monoisotopic (exact) mass is 301 g/mol. The number of nitrogens with one attached hydrogen (secondary N) is 1. The van der Waals surface area contributed by atoms with Gasteiger partial charge in [0.15, 0.2) is 0 Å². The van der Waals surface area contributed by atoms with E-state index in [2.05, 4.69) is 10.3 Å². The summed E-state index contributed by atoms with van der Waals surface area (Å²) < 4.78 is 39.5. The van der Waals surface area contributed by atoms with Crippen LogP contribution in [0.25, 0.3) is 0 Å². The molecule has 1 saturated heterocycles. The first-order valence-corrected chi connectivity index (χ1v) is 8.32. The highest BCUT2D eigenvalue weighted by Crippen LogP contribution is 2.17. The van der Waals surface area contributed by atoms with Gasteiger partial charge in [0.05, 0.1) is 6.20 Å². The highest BCUT2D eigenvalue weighted by atomic mass is 32.2. The first-order chi connectivity index (χ1) is 9.54. The van der Waals surface area contributed by atoms with Crippen LogP contribution in [0.4, 0.5) is 4.39 Å². The van der Waals surface area contributed by atoms with Crippen LogP contribution in [0.2, 0.25) is 0 Å². The molecular formula is C13H20FN3O2S. The van der Waals surface area contributed by atoms with Crippen molar-refractivity contribution < 1.29 is 12.8 Å². The summed E-state index contributed by atoms with van der Waals surface area (Å²) in [4.78, 5) is 3.53. The van der Waals surface area contributed by atoms with Crippen LogP contribution < -0.4 is 5.32 Å². The molecule has 1 N–H and O–H groups in total. The van der Waals surface area contributed by atoms with E-state index in [1.807, 2.05) is 0 Å². The summed E-state index contributed by atoms with van der Waals surface area (Å²) in [7, 11) is -3.68. The van der Waals surface area contributed by atoms with Gasteiger partial charge in [-0.1, -0.05) is 13.3 Å². The molecule has 0 amide bonds. The predicted molar refractivity (Wildman–Crippen MR) is 74.3 cm³/mol. The molecule has 112 valence electrons. The fourth-order valence-electron chi connectivity index (χ4n) is 2.41. The number of halogens is 1. The molecule has 0 aromatic carbocycles. The third-order valence-corrected chi connectivity index (χ3v) is 5.41. The fourth-order valence-corrected chi connectivity index (χ4v) is 3.88. The van der Waals surface area contributed by atoms with Gasteiger partial charge in [0.2, 0.25) is 10.0 Å². The number of pyridine rings is 1. The zero-order valence-corrected chi connectivity index (χ0v) is 12.4.